The van der Waals surface area contributed by atoms with E-state index >= 15 is 0 Å². The number of aliphatic hydroxyl groups excluding tert-OH is 1. The maximum Gasteiger partial charge on any atom is 0.244 e. The first-order valence-corrected chi connectivity index (χ1v) is 6.75. The summed E-state index contributed by atoms with van der Waals surface area (Å²) >= 11 is 3.15. The van der Waals surface area contributed by atoms with E-state index in [2.05, 4.69) is 15.9 Å². The summed E-state index contributed by atoms with van der Waals surface area (Å²) in [5.74, 6) is 0. The number of halogens is 1. The van der Waals surface area contributed by atoms with Gasteiger partial charge in [-0.3, -0.25) is 0 Å². The van der Waals surface area contributed by atoms with Crippen molar-refractivity contribution in [2.75, 3.05) is 25.9 Å². The van der Waals surface area contributed by atoms with Crippen LogP contribution in [0.1, 0.15) is 0 Å². The molecule has 0 bridgehead atoms. The Morgan fingerprint density at radius 1 is 1.50 bits per heavy atom. The Morgan fingerprint density at radius 2 is 2.12 bits per heavy atom. The topological polar surface area (TPSA) is 83.6 Å². The maximum atomic E-state index is 12.0. The molecule has 1 aromatic carbocycles. The highest BCUT2D eigenvalue weighted by molar-refractivity contribution is 9.10. The van der Waals surface area contributed by atoms with Gasteiger partial charge in [0, 0.05) is 23.8 Å². The fourth-order valence-corrected chi connectivity index (χ4v) is 3.37. The predicted octanol–water partition coefficient (Wildman–Crippen LogP) is 0.644. The third-order valence-corrected chi connectivity index (χ3v) is 4.89. The number of benzene rings is 1. The molecule has 0 aliphatic carbocycles. The van der Waals surface area contributed by atoms with E-state index in [9.17, 15) is 8.42 Å². The molecule has 0 atom stereocenters. The smallest absolute Gasteiger partial charge is 0.244 e. The van der Waals surface area contributed by atoms with E-state index in [1.165, 1.54) is 25.2 Å². The number of hydrogen-bond donors (Lipinski definition) is 2. The van der Waals surface area contributed by atoms with E-state index in [1.807, 2.05) is 0 Å². The van der Waals surface area contributed by atoms with Gasteiger partial charge in [0.15, 0.2) is 0 Å². The molecule has 5 nitrogen and oxygen atoms in total. The number of likely N-dealkylation sites (N-methyl/N-ethyl adjacent to an activating group) is 1. The van der Waals surface area contributed by atoms with E-state index in [0.29, 0.717) is 10.2 Å². The molecule has 16 heavy (non-hydrogen) atoms. The molecule has 1 rings (SSSR count). The number of nitrogen functional groups attached to an aromatic ring is 1. The summed E-state index contributed by atoms with van der Waals surface area (Å²) in [6.45, 7) is -0.165. The number of rotatable bonds is 4. The van der Waals surface area contributed by atoms with Crippen LogP contribution in [0.5, 0.6) is 0 Å². The van der Waals surface area contributed by atoms with Crippen LogP contribution in [0, 0.1) is 0 Å². The van der Waals surface area contributed by atoms with Crippen LogP contribution in [-0.4, -0.2) is 38.0 Å². The fraction of sp³-hybridized carbons (Fsp3) is 0.333. The van der Waals surface area contributed by atoms with E-state index in [4.69, 9.17) is 10.8 Å². The van der Waals surface area contributed by atoms with Crippen LogP contribution in [0.2, 0.25) is 0 Å². The zero-order valence-electron chi connectivity index (χ0n) is 8.72. The average molecular weight is 309 g/mol. The summed E-state index contributed by atoms with van der Waals surface area (Å²) in [6, 6.07) is 4.48. The Morgan fingerprint density at radius 3 is 2.62 bits per heavy atom. The van der Waals surface area contributed by atoms with Gasteiger partial charge in [-0.1, -0.05) is 0 Å². The second-order valence-electron chi connectivity index (χ2n) is 3.24. The molecular formula is C9H13BrN2O3S. The Kier molecular flexibility index (Phi) is 4.31. The lowest BCUT2D eigenvalue weighted by atomic mass is 10.3. The van der Waals surface area contributed by atoms with Crippen molar-refractivity contribution in [3.8, 4) is 0 Å². The van der Waals surface area contributed by atoms with E-state index < -0.39 is 10.0 Å². The fourth-order valence-electron chi connectivity index (χ4n) is 1.16. The molecule has 0 radical (unpaired) electrons. The van der Waals surface area contributed by atoms with Gasteiger partial charge in [-0.25, -0.2) is 8.42 Å². The van der Waals surface area contributed by atoms with Crippen LogP contribution in [-0.2, 0) is 10.0 Å². The summed E-state index contributed by atoms with van der Waals surface area (Å²) in [5, 5.41) is 8.72. The molecule has 0 amide bonds. The Labute approximate surface area is 103 Å². The summed E-state index contributed by atoms with van der Waals surface area (Å²) in [6.07, 6.45) is 0. The minimum atomic E-state index is -3.58. The molecular weight excluding hydrogens is 296 g/mol. The number of hydrogen-bond acceptors (Lipinski definition) is 4. The second kappa shape index (κ2) is 5.13. The van der Waals surface area contributed by atoms with Crippen molar-refractivity contribution < 1.29 is 13.5 Å². The third-order valence-electron chi connectivity index (χ3n) is 2.06. The molecule has 0 fully saturated rings. The van der Waals surface area contributed by atoms with Crippen LogP contribution in [0.25, 0.3) is 0 Å². The molecule has 0 aliphatic rings. The highest BCUT2D eigenvalue weighted by atomic mass is 79.9. The van der Waals surface area contributed by atoms with Crippen molar-refractivity contribution in [3.63, 3.8) is 0 Å². The molecule has 0 heterocycles. The lowest BCUT2D eigenvalue weighted by Gasteiger charge is -2.16. The molecule has 0 saturated heterocycles. The van der Waals surface area contributed by atoms with Gasteiger partial charge >= 0.3 is 0 Å². The zero-order chi connectivity index (χ0) is 12.3. The number of nitrogens with zero attached hydrogens (tertiary/aromatic N) is 1. The van der Waals surface area contributed by atoms with Gasteiger partial charge < -0.3 is 10.8 Å². The largest absolute Gasteiger partial charge is 0.399 e. The monoisotopic (exact) mass is 308 g/mol. The summed E-state index contributed by atoms with van der Waals surface area (Å²) in [7, 11) is -2.17. The highest BCUT2D eigenvalue weighted by Gasteiger charge is 2.22. The first-order chi connectivity index (χ1) is 7.39. The minimum Gasteiger partial charge on any atom is -0.399 e. The van der Waals surface area contributed by atoms with Gasteiger partial charge in [0.05, 0.1) is 11.5 Å². The average Bonchev–Trinajstić information content (AvgIpc) is 2.17. The molecule has 0 aromatic heterocycles. The zero-order valence-corrected chi connectivity index (χ0v) is 11.1. The second-order valence-corrected chi connectivity index (χ2v) is 6.11. The summed E-state index contributed by atoms with van der Waals surface area (Å²) < 4.78 is 25.5. The molecule has 1 aromatic rings. The first-order valence-electron chi connectivity index (χ1n) is 4.52. The first kappa shape index (κ1) is 13.4. The van der Waals surface area contributed by atoms with Crippen molar-refractivity contribution in [3.05, 3.63) is 22.7 Å². The standard InChI is InChI=1S/C9H13BrN2O3S/c1-12(4-5-13)16(14,15)9-3-2-7(11)6-8(9)10/h2-3,6,13H,4-5,11H2,1H3. The predicted molar refractivity (Wildman–Crippen MR) is 65.5 cm³/mol. The van der Waals surface area contributed by atoms with Gasteiger partial charge in [0.2, 0.25) is 10.0 Å². The molecule has 90 valence electrons. The van der Waals surface area contributed by atoms with E-state index in [1.54, 1.807) is 0 Å². The van der Waals surface area contributed by atoms with Crippen LogP contribution in [0.3, 0.4) is 0 Å². The highest BCUT2D eigenvalue weighted by Crippen LogP contribution is 2.26. The third kappa shape index (κ3) is 2.73. The molecule has 0 unspecified atom stereocenters. The SMILES string of the molecule is CN(CCO)S(=O)(=O)c1ccc(N)cc1Br. The quantitative estimate of drug-likeness (QED) is 0.800. The van der Waals surface area contributed by atoms with Gasteiger partial charge in [-0.15, -0.1) is 0 Å². The molecule has 0 spiro atoms. The molecule has 0 saturated carbocycles. The van der Waals surface area contributed by atoms with Gasteiger partial charge in [0.1, 0.15) is 0 Å². The van der Waals surface area contributed by atoms with E-state index in [-0.39, 0.29) is 18.0 Å². The molecule has 0 aliphatic heterocycles. The lowest BCUT2D eigenvalue weighted by molar-refractivity contribution is 0.266. The normalized spacial score (nSPS) is 12.0. The van der Waals surface area contributed by atoms with Crippen molar-refractivity contribution in [1.29, 1.82) is 0 Å². The lowest BCUT2D eigenvalue weighted by Crippen LogP contribution is -2.29. The molecule has 7 heteroatoms. The number of sulfonamides is 1. The van der Waals surface area contributed by atoms with Crippen LogP contribution >= 0.6 is 15.9 Å². The Bertz CT molecular complexity index is 476. The van der Waals surface area contributed by atoms with Gasteiger partial charge in [-0.05, 0) is 34.1 Å². The van der Waals surface area contributed by atoms with Gasteiger partial charge in [-0.2, -0.15) is 4.31 Å². The Balaban J connectivity index is 3.17. The van der Waals surface area contributed by atoms with Crippen molar-refractivity contribution in [1.82, 2.24) is 4.31 Å². The van der Waals surface area contributed by atoms with Crippen molar-refractivity contribution in [2.45, 2.75) is 4.90 Å². The number of anilines is 1. The maximum absolute atomic E-state index is 12.0. The molecule has 3 N–H and O–H groups in total. The van der Waals surface area contributed by atoms with Crippen molar-refractivity contribution in [2.24, 2.45) is 0 Å². The summed E-state index contributed by atoms with van der Waals surface area (Å²) in [5.41, 5.74) is 6.01. The summed E-state index contributed by atoms with van der Waals surface area (Å²) in [4.78, 5) is 0.137. The van der Waals surface area contributed by atoms with Crippen molar-refractivity contribution >= 4 is 31.6 Å². The van der Waals surface area contributed by atoms with Gasteiger partial charge in [0.25, 0.3) is 0 Å². The van der Waals surface area contributed by atoms with Crippen LogP contribution in [0.4, 0.5) is 5.69 Å². The Hall–Kier alpha value is -0.630. The van der Waals surface area contributed by atoms with Crippen LogP contribution < -0.4 is 5.73 Å². The number of nitrogens with two attached hydrogens (primary N) is 1. The van der Waals surface area contributed by atoms with Crippen LogP contribution in [0.15, 0.2) is 27.6 Å². The van der Waals surface area contributed by atoms with E-state index in [0.717, 1.165) is 4.31 Å². The number of aliphatic hydroxyl groups is 1. The minimum absolute atomic E-state index is 0.0547.